The number of aromatic nitrogens is 2. The Balaban J connectivity index is 1.26. The summed E-state index contributed by atoms with van der Waals surface area (Å²) < 4.78 is 36.2. The molecule has 10 nitrogen and oxygen atoms in total. The van der Waals surface area contributed by atoms with Crippen LogP contribution in [-0.4, -0.2) is 47.1 Å². The first-order valence-corrected chi connectivity index (χ1v) is 14.1. The summed E-state index contributed by atoms with van der Waals surface area (Å²) in [6.45, 7) is 1.62. The highest BCUT2D eigenvalue weighted by Crippen LogP contribution is 2.25. The van der Waals surface area contributed by atoms with Crippen LogP contribution in [0.25, 0.3) is 5.69 Å². The van der Waals surface area contributed by atoms with Crippen LogP contribution in [0.1, 0.15) is 27.2 Å². The number of hydrogen-bond donors (Lipinski definition) is 1. The topological polar surface area (TPSA) is 120 Å². The Bertz CT molecular complexity index is 1760. The number of fused-ring (bicyclic) bond motifs is 1. The van der Waals surface area contributed by atoms with Crippen LogP contribution >= 0.6 is 0 Å². The van der Waals surface area contributed by atoms with Gasteiger partial charge in [0.1, 0.15) is 5.69 Å². The van der Waals surface area contributed by atoms with Crippen LogP contribution in [0, 0.1) is 6.92 Å². The highest BCUT2D eigenvalue weighted by Gasteiger charge is 2.29. The number of amides is 1. The number of benzene rings is 3. The van der Waals surface area contributed by atoms with Crippen LogP contribution < -0.4 is 10.9 Å². The zero-order valence-electron chi connectivity index (χ0n) is 22.0. The van der Waals surface area contributed by atoms with Gasteiger partial charge in [0, 0.05) is 20.1 Å². The maximum absolute atomic E-state index is 13.3. The molecule has 4 aromatic rings. The SMILES string of the molecule is Cc1c(NC(=O)COC(=O)c2cccc(S(=O)(=O)N3CCc4ccccc4C3)c2)c(=O)n(-c2ccccc2)n1C. The van der Waals surface area contributed by atoms with E-state index in [2.05, 4.69) is 5.32 Å². The van der Waals surface area contributed by atoms with Gasteiger partial charge in [0.05, 0.1) is 21.8 Å². The molecular formula is C29H28N4O6S. The van der Waals surface area contributed by atoms with E-state index in [4.69, 9.17) is 4.74 Å². The number of ether oxygens (including phenoxy) is 1. The number of anilines is 1. The molecule has 3 aromatic carbocycles. The minimum atomic E-state index is -3.86. The lowest BCUT2D eigenvalue weighted by Gasteiger charge is -2.28. The van der Waals surface area contributed by atoms with E-state index in [0.717, 1.165) is 11.1 Å². The molecule has 0 saturated heterocycles. The molecule has 1 aromatic heterocycles. The fraction of sp³-hybridized carbons (Fsp3) is 0.207. The Morgan fingerprint density at radius 3 is 2.40 bits per heavy atom. The number of nitrogens with one attached hydrogen (secondary N) is 1. The Morgan fingerprint density at radius 2 is 1.65 bits per heavy atom. The number of nitrogens with zero attached hydrogens (tertiary/aromatic N) is 3. The maximum Gasteiger partial charge on any atom is 0.338 e. The molecule has 0 aliphatic carbocycles. The first-order valence-electron chi connectivity index (χ1n) is 12.6. The average molecular weight is 561 g/mol. The third kappa shape index (κ3) is 5.21. The van der Waals surface area contributed by atoms with Gasteiger partial charge in [-0.15, -0.1) is 0 Å². The molecule has 1 amide bonds. The van der Waals surface area contributed by atoms with E-state index in [1.807, 2.05) is 30.3 Å². The summed E-state index contributed by atoms with van der Waals surface area (Å²) in [5, 5.41) is 2.53. The van der Waals surface area contributed by atoms with Crippen molar-refractivity contribution >= 4 is 27.6 Å². The molecule has 5 rings (SSSR count). The predicted octanol–water partition coefficient (Wildman–Crippen LogP) is 3.03. The van der Waals surface area contributed by atoms with Crippen molar-refractivity contribution in [1.29, 1.82) is 0 Å². The third-order valence-corrected chi connectivity index (χ3v) is 8.80. The van der Waals surface area contributed by atoms with Gasteiger partial charge in [0.15, 0.2) is 6.61 Å². The van der Waals surface area contributed by atoms with E-state index < -0.39 is 34.1 Å². The zero-order chi connectivity index (χ0) is 28.4. The molecule has 11 heteroatoms. The van der Waals surface area contributed by atoms with Crippen molar-refractivity contribution in [2.45, 2.75) is 24.8 Å². The molecule has 0 unspecified atom stereocenters. The van der Waals surface area contributed by atoms with Gasteiger partial charge in [-0.1, -0.05) is 48.5 Å². The monoisotopic (exact) mass is 560 g/mol. The third-order valence-electron chi connectivity index (χ3n) is 6.96. The van der Waals surface area contributed by atoms with Crippen LogP contribution in [0.3, 0.4) is 0 Å². The van der Waals surface area contributed by atoms with Gasteiger partial charge in [0.25, 0.3) is 11.5 Å². The Morgan fingerprint density at radius 1 is 0.950 bits per heavy atom. The summed E-state index contributed by atoms with van der Waals surface area (Å²) in [6.07, 6.45) is 0.601. The van der Waals surface area contributed by atoms with Crippen molar-refractivity contribution in [2.24, 2.45) is 7.05 Å². The second-order valence-electron chi connectivity index (χ2n) is 9.45. The summed E-state index contributed by atoms with van der Waals surface area (Å²) in [5.41, 5.74) is 2.86. The molecule has 0 atom stereocenters. The Labute approximate surface area is 231 Å². The van der Waals surface area contributed by atoms with E-state index in [1.54, 1.807) is 42.9 Å². The second-order valence-corrected chi connectivity index (χ2v) is 11.4. The average Bonchev–Trinajstić information content (AvgIpc) is 3.18. The van der Waals surface area contributed by atoms with E-state index in [9.17, 15) is 22.8 Å². The van der Waals surface area contributed by atoms with Crippen molar-refractivity contribution in [1.82, 2.24) is 13.7 Å². The molecule has 0 saturated carbocycles. The zero-order valence-corrected chi connectivity index (χ0v) is 22.8. The first-order chi connectivity index (χ1) is 19.2. The van der Waals surface area contributed by atoms with Gasteiger partial charge in [-0.2, -0.15) is 4.31 Å². The number of carbonyl (C=O) groups is 2. The van der Waals surface area contributed by atoms with Crippen molar-refractivity contribution in [3.8, 4) is 5.69 Å². The van der Waals surface area contributed by atoms with Crippen molar-refractivity contribution in [3.05, 3.63) is 112 Å². The molecule has 206 valence electrons. The fourth-order valence-corrected chi connectivity index (χ4v) is 6.18. The van der Waals surface area contributed by atoms with Crippen LogP contribution in [0.5, 0.6) is 0 Å². The van der Waals surface area contributed by atoms with Crippen LogP contribution in [0.15, 0.2) is 88.6 Å². The maximum atomic E-state index is 13.3. The molecule has 1 N–H and O–H groups in total. The first kappa shape index (κ1) is 27.1. The molecule has 0 bridgehead atoms. The second kappa shape index (κ2) is 10.9. The number of esters is 1. The lowest BCUT2D eigenvalue weighted by Crippen LogP contribution is -2.36. The lowest BCUT2D eigenvalue weighted by atomic mass is 10.0. The largest absolute Gasteiger partial charge is 0.452 e. The fourth-order valence-electron chi connectivity index (χ4n) is 4.71. The van der Waals surface area contributed by atoms with Crippen LogP contribution in [-0.2, 0) is 39.6 Å². The number of para-hydroxylation sites is 1. The number of hydrogen-bond acceptors (Lipinski definition) is 6. The summed E-state index contributed by atoms with van der Waals surface area (Å²) in [6, 6.07) is 22.2. The van der Waals surface area contributed by atoms with E-state index in [0.29, 0.717) is 24.3 Å². The van der Waals surface area contributed by atoms with Gasteiger partial charge in [0.2, 0.25) is 10.0 Å². The predicted molar refractivity (Wildman–Crippen MR) is 149 cm³/mol. The minimum absolute atomic E-state index is 0.00592. The van der Waals surface area contributed by atoms with Crippen LogP contribution in [0.2, 0.25) is 0 Å². The summed E-state index contributed by atoms with van der Waals surface area (Å²) in [4.78, 5) is 38.3. The van der Waals surface area contributed by atoms with Gasteiger partial charge in [-0.3, -0.25) is 14.3 Å². The van der Waals surface area contributed by atoms with Crippen molar-refractivity contribution in [2.75, 3.05) is 18.5 Å². The molecule has 40 heavy (non-hydrogen) atoms. The molecule has 0 spiro atoms. The summed E-state index contributed by atoms with van der Waals surface area (Å²) in [5.74, 6) is -1.56. The van der Waals surface area contributed by atoms with E-state index >= 15 is 0 Å². The smallest absolute Gasteiger partial charge is 0.338 e. The quantitative estimate of drug-likeness (QED) is 0.347. The number of sulfonamides is 1. The molecule has 1 aliphatic heterocycles. The molecule has 0 radical (unpaired) electrons. The summed E-state index contributed by atoms with van der Waals surface area (Å²) in [7, 11) is -2.16. The number of carbonyl (C=O) groups excluding carboxylic acids is 2. The van der Waals surface area contributed by atoms with E-state index in [-0.39, 0.29) is 22.7 Å². The van der Waals surface area contributed by atoms with Crippen molar-refractivity contribution < 1.29 is 22.7 Å². The Kier molecular flexibility index (Phi) is 7.42. The highest BCUT2D eigenvalue weighted by atomic mass is 32.2. The van der Waals surface area contributed by atoms with Crippen LogP contribution in [0.4, 0.5) is 5.69 Å². The minimum Gasteiger partial charge on any atom is -0.452 e. The lowest BCUT2D eigenvalue weighted by molar-refractivity contribution is -0.119. The van der Waals surface area contributed by atoms with Gasteiger partial charge >= 0.3 is 5.97 Å². The van der Waals surface area contributed by atoms with Gasteiger partial charge < -0.3 is 10.1 Å². The van der Waals surface area contributed by atoms with E-state index in [1.165, 1.54) is 33.3 Å². The van der Waals surface area contributed by atoms with Gasteiger partial charge in [-0.25, -0.2) is 17.9 Å². The van der Waals surface area contributed by atoms with Gasteiger partial charge in [-0.05, 0) is 54.8 Å². The summed E-state index contributed by atoms with van der Waals surface area (Å²) >= 11 is 0. The Hall–Kier alpha value is -4.48. The van der Waals surface area contributed by atoms with Crippen molar-refractivity contribution in [3.63, 3.8) is 0 Å². The standard InChI is InChI=1S/C29H28N4O6S/c1-20-27(28(35)33(31(20)2)24-12-4-3-5-13-24)30-26(34)19-39-29(36)22-11-8-14-25(17-22)40(37,38)32-16-15-21-9-6-7-10-23(21)18-32/h3-14,17H,15-16,18-19H2,1-2H3,(H,30,34). The normalized spacial score (nSPS) is 13.4. The molecule has 0 fully saturated rings. The number of rotatable bonds is 7. The molecule has 1 aliphatic rings. The highest BCUT2D eigenvalue weighted by molar-refractivity contribution is 7.89. The molecule has 2 heterocycles. The molecular weight excluding hydrogens is 532 g/mol.